The van der Waals surface area contributed by atoms with Gasteiger partial charge in [0.05, 0.1) is 17.9 Å². The van der Waals surface area contributed by atoms with Crippen molar-refractivity contribution in [2.24, 2.45) is 0 Å². The summed E-state index contributed by atoms with van der Waals surface area (Å²) in [6.07, 6.45) is 0. The van der Waals surface area contributed by atoms with Gasteiger partial charge in [0, 0.05) is 5.38 Å². The molecule has 0 unspecified atom stereocenters. The number of nitrogens with zero attached hydrogens (tertiary/aromatic N) is 4. The van der Waals surface area contributed by atoms with E-state index in [-0.39, 0.29) is 5.91 Å². The number of aryl methyl sites for hydroxylation is 1. The Morgan fingerprint density at radius 3 is 2.73 bits per heavy atom. The first-order valence-corrected chi connectivity index (χ1v) is 7.69. The second-order valence-corrected chi connectivity index (χ2v) is 5.77. The van der Waals surface area contributed by atoms with Crippen LogP contribution in [0.1, 0.15) is 27.4 Å². The zero-order valence-corrected chi connectivity index (χ0v) is 13.1. The molecular formula is C15H15N5OS. The molecule has 3 aromatic rings. The maximum atomic E-state index is 12.2. The minimum absolute atomic E-state index is 0.286. The van der Waals surface area contributed by atoms with E-state index >= 15 is 0 Å². The third-order valence-electron chi connectivity index (χ3n) is 3.21. The highest BCUT2D eigenvalue weighted by molar-refractivity contribution is 7.13. The van der Waals surface area contributed by atoms with Gasteiger partial charge in [0.1, 0.15) is 0 Å². The van der Waals surface area contributed by atoms with Crippen molar-refractivity contribution in [2.75, 3.05) is 5.32 Å². The standard InChI is InChI=1S/C15H15N5OS/c1-10-9-22-15(16-10)17-14(21)13-11(2)20(19-18-13)8-12-6-4-3-5-7-12/h3-7,9H,8H2,1-2H3,(H,16,17,21). The van der Waals surface area contributed by atoms with E-state index in [1.807, 2.05) is 49.6 Å². The van der Waals surface area contributed by atoms with E-state index in [4.69, 9.17) is 0 Å². The molecule has 22 heavy (non-hydrogen) atoms. The number of aromatic nitrogens is 4. The van der Waals surface area contributed by atoms with Crippen LogP contribution < -0.4 is 5.32 Å². The first-order chi connectivity index (χ1) is 10.6. The summed E-state index contributed by atoms with van der Waals surface area (Å²) in [6, 6.07) is 9.94. The van der Waals surface area contributed by atoms with Gasteiger partial charge in [-0.3, -0.25) is 10.1 Å². The average Bonchev–Trinajstić information content (AvgIpc) is 3.07. The molecule has 0 radical (unpaired) electrons. The summed E-state index contributed by atoms with van der Waals surface area (Å²) in [5, 5.41) is 13.3. The molecule has 0 saturated carbocycles. The molecular weight excluding hydrogens is 298 g/mol. The lowest BCUT2D eigenvalue weighted by Gasteiger charge is -2.04. The van der Waals surface area contributed by atoms with Crippen molar-refractivity contribution in [3.63, 3.8) is 0 Å². The van der Waals surface area contributed by atoms with Crippen molar-refractivity contribution in [1.82, 2.24) is 20.0 Å². The van der Waals surface area contributed by atoms with Crippen LogP contribution in [-0.2, 0) is 6.54 Å². The van der Waals surface area contributed by atoms with Crippen LogP contribution in [0.3, 0.4) is 0 Å². The van der Waals surface area contributed by atoms with Crippen LogP contribution in [0.5, 0.6) is 0 Å². The fourth-order valence-corrected chi connectivity index (χ4v) is 2.73. The Balaban J connectivity index is 1.76. The molecule has 112 valence electrons. The van der Waals surface area contributed by atoms with Gasteiger partial charge in [-0.05, 0) is 19.4 Å². The lowest BCUT2D eigenvalue weighted by Crippen LogP contribution is -2.14. The summed E-state index contributed by atoms with van der Waals surface area (Å²) in [5.41, 5.74) is 3.04. The molecule has 0 aliphatic heterocycles. The molecule has 1 N–H and O–H groups in total. The Morgan fingerprint density at radius 2 is 2.05 bits per heavy atom. The molecule has 2 heterocycles. The van der Waals surface area contributed by atoms with Gasteiger partial charge in [-0.15, -0.1) is 16.4 Å². The summed E-state index contributed by atoms with van der Waals surface area (Å²) in [6.45, 7) is 4.31. The van der Waals surface area contributed by atoms with Crippen molar-refractivity contribution in [3.05, 3.63) is 58.4 Å². The first-order valence-electron chi connectivity index (χ1n) is 6.81. The third kappa shape index (κ3) is 3.04. The van der Waals surface area contributed by atoms with Crippen molar-refractivity contribution >= 4 is 22.4 Å². The van der Waals surface area contributed by atoms with Gasteiger partial charge in [0.15, 0.2) is 10.8 Å². The number of amides is 1. The predicted octanol–water partition coefficient (Wildman–Crippen LogP) is 2.65. The molecule has 7 heteroatoms. The summed E-state index contributed by atoms with van der Waals surface area (Å²) >= 11 is 1.39. The van der Waals surface area contributed by atoms with Crippen LogP contribution in [0.4, 0.5) is 5.13 Å². The Kier molecular flexibility index (Phi) is 3.97. The number of thiazole rings is 1. The van der Waals surface area contributed by atoms with E-state index < -0.39 is 0 Å². The summed E-state index contributed by atoms with van der Waals surface area (Å²) < 4.78 is 1.72. The molecule has 0 spiro atoms. The quantitative estimate of drug-likeness (QED) is 0.803. The number of rotatable bonds is 4. The van der Waals surface area contributed by atoms with E-state index in [1.165, 1.54) is 11.3 Å². The molecule has 3 rings (SSSR count). The molecule has 1 aromatic carbocycles. The molecule has 1 amide bonds. The summed E-state index contributed by atoms with van der Waals surface area (Å²) in [4.78, 5) is 16.5. The minimum Gasteiger partial charge on any atom is -0.296 e. The second kappa shape index (κ2) is 6.07. The van der Waals surface area contributed by atoms with Crippen LogP contribution in [0.15, 0.2) is 35.7 Å². The maximum absolute atomic E-state index is 12.2. The number of hydrogen-bond donors (Lipinski definition) is 1. The van der Waals surface area contributed by atoms with E-state index in [2.05, 4.69) is 20.6 Å². The van der Waals surface area contributed by atoms with Crippen molar-refractivity contribution in [2.45, 2.75) is 20.4 Å². The van der Waals surface area contributed by atoms with E-state index in [9.17, 15) is 4.79 Å². The SMILES string of the molecule is Cc1csc(NC(=O)c2nnn(Cc3ccccc3)c2C)n1. The minimum atomic E-state index is -0.286. The van der Waals surface area contributed by atoms with E-state index in [0.29, 0.717) is 17.4 Å². The number of carbonyl (C=O) groups excluding carboxylic acids is 1. The Morgan fingerprint density at radius 1 is 1.27 bits per heavy atom. The molecule has 0 saturated heterocycles. The number of anilines is 1. The highest BCUT2D eigenvalue weighted by atomic mass is 32.1. The summed E-state index contributed by atoms with van der Waals surface area (Å²) in [7, 11) is 0. The van der Waals surface area contributed by atoms with Gasteiger partial charge in [-0.2, -0.15) is 0 Å². The maximum Gasteiger partial charge on any atom is 0.279 e. The normalized spacial score (nSPS) is 10.6. The highest BCUT2D eigenvalue weighted by Crippen LogP contribution is 2.16. The molecule has 2 aromatic heterocycles. The molecule has 0 aliphatic carbocycles. The lowest BCUT2D eigenvalue weighted by atomic mass is 10.2. The Bertz CT molecular complexity index is 793. The van der Waals surface area contributed by atoms with Gasteiger partial charge >= 0.3 is 0 Å². The molecule has 0 bridgehead atoms. The topological polar surface area (TPSA) is 72.7 Å². The van der Waals surface area contributed by atoms with Crippen molar-refractivity contribution < 1.29 is 4.79 Å². The Hall–Kier alpha value is -2.54. The fraction of sp³-hybridized carbons (Fsp3) is 0.200. The summed E-state index contributed by atoms with van der Waals surface area (Å²) in [5.74, 6) is -0.286. The van der Waals surface area contributed by atoms with E-state index in [1.54, 1.807) is 4.68 Å². The van der Waals surface area contributed by atoms with Crippen molar-refractivity contribution in [1.29, 1.82) is 0 Å². The lowest BCUT2D eigenvalue weighted by molar-refractivity contribution is 0.102. The fourth-order valence-electron chi connectivity index (χ4n) is 2.04. The number of carbonyl (C=O) groups is 1. The van der Waals surface area contributed by atoms with Crippen LogP contribution in [-0.4, -0.2) is 25.9 Å². The number of benzene rings is 1. The average molecular weight is 313 g/mol. The second-order valence-electron chi connectivity index (χ2n) is 4.91. The number of nitrogens with one attached hydrogen (secondary N) is 1. The first kappa shape index (κ1) is 14.4. The van der Waals surface area contributed by atoms with Gasteiger partial charge in [0.25, 0.3) is 5.91 Å². The predicted molar refractivity (Wildman–Crippen MR) is 85.1 cm³/mol. The van der Waals surface area contributed by atoms with Crippen molar-refractivity contribution in [3.8, 4) is 0 Å². The van der Waals surface area contributed by atoms with Gasteiger partial charge in [0.2, 0.25) is 0 Å². The third-order valence-corrected chi connectivity index (χ3v) is 4.09. The van der Waals surface area contributed by atoms with Crippen LogP contribution in [0, 0.1) is 13.8 Å². The van der Waals surface area contributed by atoms with Gasteiger partial charge < -0.3 is 0 Å². The van der Waals surface area contributed by atoms with Crippen LogP contribution in [0.25, 0.3) is 0 Å². The van der Waals surface area contributed by atoms with Crippen LogP contribution in [0.2, 0.25) is 0 Å². The van der Waals surface area contributed by atoms with Gasteiger partial charge in [-0.25, -0.2) is 9.67 Å². The monoisotopic (exact) mass is 313 g/mol. The largest absolute Gasteiger partial charge is 0.296 e. The molecule has 0 aliphatic rings. The zero-order chi connectivity index (χ0) is 15.5. The molecule has 6 nitrogen and oxygen atoms in total. The Labute approximate surface area is 131 Å². The smallest absolute Gasteiger partial charge is 0.279 e. The van der Waals surface area contributed by atoms with Gasteiger partial charge in [-0.1, -0.05) is 35.5 Å². The molecule has 0 atom stereocenters. The molecule has 0 fully saturated rings. The highest BCUT2D eigenvalue weighted by Gasteiger charge is 2.17. The number of hydrogen-bond acceptors (Lipinski definition) is 5. The van der Waals surface area contributed by atoms with E-state index in [0.717, 1.165) is 17.0 Å². The zero-order valence-electron chi connectivity index (χ0n) is 12.3. The van der Waals surface area contributed by atoms with Crippen LogP contribution >= 0.6 is 11.3 Å².